The molecule has 0 saturated carbocycles. The number of amides is 3. The Balaban J connectivity index is 1.05. The van der Waals surface area contributed by atoms with Gasteiger partial charge in [0.2, 0.25) is 0 Å². The molecule has 1 atom stereocenters. The van der Waals surface area contributed by atoms with Crippen molar-refractivity contribution in [3.63, 3.8) is 0 Å². The topological polar surface area (TPSA) is 108 Å². The van der Waals surface area contributed by atoms with E-state index in [0.29, 0.717) is 17.1 Å². The number of carbonyl (C=O) groups excluding carboxylic acids is 3. The first kappa shape index (κ1) is 29.8. The summed E-state index contributed by atoms with van der Waals surface area (Å²) in [6.07, 6.45) is 0. The minimum atomic E-state index is -0.535. The quantitative estimate of drug-likeness (QED) is 0.160. The molecule has 9 heteroatoms. The number of ether oxygens (including phenoxy) is 1. The van der Waals surface area contributed by atoms with Gasteiger partial charge in [-0.25, -0.2) is 0 Å². The molecule has 1 aliphatic heterocycles. The summed E-state index contributed by atoms with van der Waals surface area (Å²) in [7, 11) is 2.02. The number of hydrazine groups is 1. The molecule has 5 aromatic carbocycles. The van der Waals surface area contributed by atoms with Crippen molar-refractivity contribution in [1.82, 2.24) is 25.3 Å². The van der Waals surface area contributed by atoms with Gasteiger partial charge >= 0.3 is 0 Å². The highest BCUT2D eigenvalue weighted by atomic mass is 16.5. The summed E-state index contributed by atoms with van der Waals surface area (Å²) >= 11 is 0. The highest BCUT2D eigenvalue weighted by molar-refractivity contribution is 6.04. The maximum absolute atomic E-state index is 13.9. The Bertz CT molecular complexity index is 2380. The molecule has 7 aromatic rings. The molecular weight excluding hydrogens is 614 g/mol. The molecule has 3 heterocycles. The second-order valence-electron chi connectivity index (χ2n) is 12.0. The average molecular weight is 646 g/mol. The normalized spacial score (nSPS) is 13.9. The third kappa shape index (κ3) is 5.37. The molecule has 0 spiro atoms. The van der Waals surface area contributed by atoms with Crippen molar-refractivity contribution in [2.24, 2.45) is 7.05 Å². The van der Waals surface area contributed by atoms with Crippen molar-refractivity contribution in [3.05, 3.63) is 156 Å². The van der Waals surface area contributed by atoms with Crippen LogP contribution in [0.2, 0.25) is 0 Å². The number of H-pyrrole nitrogens is 1. The lowest BCUT2D eigenvalue weighted by Gasteiger charge is -2.26. The first-order valence-corrected chi connectivity index (χ1v) is 15.9. The van der Waals surface area contributed by atoms with Crippen molar-refractivity contribution in [3.8, 4) is 22.8 Å². The molecular formula is C40H31N5O4. The summed E-state index contributed by atoms with van der Waals surface area (Å²) in [5.41, 5.74) is 11.3. The van der Waals surface area contributed by atoms with Gasteiger partial charge in [-0.2, -0.15) is 0 Å². The van der Waals surface area contributed by atoms with Crippen LogP contribution in [-0.4, -0.2) is 38.7 Å². The van der Waals surface area contributed by atoms with Crippen LogP contribution in [0.5, 0.6) is 11.5 Å². The Morgan fingerprint density at radius 2 is 1.49 bits per heavy atom. The van der Waals surface area contributed by atoms with E-state index < -0.39 is 17.9 Å². The second kappa shape index (κ2) is 12.2. The number of aromatic amines is 1. The van der Waals surface area contributed by atoms with E-state index in [1.165, 1.54) is 0 Å². The van der Waals surface area contributed by atoms with E-state index in [-0.39, 0.29) is 18.1 Å². The van der Waals surface area contributed by atoms with Gasteiger partial charge in [0.25, 0.3) is 17.7 Å². The molecule has 2 aromatic heterocycles. The molecule has 0 saturated heterocycles. The molecule has 0 fully saturated rings. The summed E-state index contributed by atoms with van der Waals surface area (Å²) < 4.78 is 8.06. The van der Waals surface area contributed by atoms with Gasteiger partial charge in [0.15, 0.2) is 0 Å². The van der Waals surface area contributed by atoms with Gasteiger partial charge in [0, 0.05) is 40.0 Å². The number of nitrogens with zero attached hydrogens (tertiary/aromatic N) is 2. The maximum atomic E-state index is 13.9. The van der Waals surface area contributed by atoms with E-state index in [1.54, 1.807) is 17.0 Å². The van der Waals surface area contributed by atoms with Gasteiger partial charge in [-0.3, -0.25) is 25.2 Å². The second-order valence-corrected chi connectivity index (χ2v) is 12.0. The molecule has 1 unspecified atom stereocenters. The Labute approximate surface area is 281 Å². The van der Waals surface area contributed by atoms with Crippen LogP contribution in [0.25, 0.3) is 33.1 Å². The number of carbonyl (C=O) groups is 3. The van der Waals surface area contributed by atoms with E-state index in [0.717, 1.165) is 44.2 Å². The van der Waals surface area contributed by atoms with Crippen molar-refractivity contribution >= 4 is 39.5 Å². The Kier molecular flexibility index (Phi) is 7.41. The molecule has 0 aliphatic carbocycles. The largest absolute Gasteiger partial charge is 0.457 e. The number of nitrogens with one attached hydrogen (secondary N) is 3. The molecule has 9 nitrogen and oxygen atoms in total. The van der Waals surface area contributed by atoms with Crippen LogP contribution in [0.15, 0.2) is 133 Å². The number of hydrogen-bond acceptors (Lipinski definition) is 4. The van der Waals surface area contributed by atoms with E-state index in [4.69, 9.17) is 4.74 Å². The molecule has 8 rings (SSSR count). The molecule has 49 heavy (non-hydrogen) atoms. The summed E-state index contributed by atoms with van der Waals surface area (Å²) in [4.78, 5) is 45.2. The predicted molar refractivity (Wildman–Crippen MR) is 188 cm³/mol. The summed E-state index contributed by atoms with van der Waals surface area (Å²) in [6, 6.07) is 41.7. The number of para-hydroxylation sites is 2. The van der Waals surface area contributed by atoms with Crippen molar-refractivity contribution in [1.29, 1.82) is 0 Å². The third-order valence-electron chi connectivity index (χ3n) is 8.97. The monoisotopic (exact) mass is 645 g/mol. The fraction of sp³-hybridized carbons (Fsp3) is 0.0750. The number of fused-ring (bicyclic) bond motifs is 3. The van der Waals surface area contributed by atoms with E-state index in [2.05, 4.69) is 32.5 Å². The molecule has 240 valence electrons. The lowest BCUT2D eigenvalue weighted by atomic mass is 9.93. The lowest BCUT2D eigenvalue weighted by Crippen LogP contribution is -2.47. The van der Waals surface area contributed by atoms with Crippen LogP contribution >= 0.6 is 0 Å². The highest BCUT2D eigenvalue weighted by Crippen LogP contribution is 2.46. The van der Waals surface area contributed by atoms with Gasteiger partial charge < -0.3 is 19.2 Å². The standard InChI is InChI=1S/C40H31N5O4/c1-44-34-19-11-10-18-31(34)36(37(44)25-12-4-2-5-13-25)38-29-16-8-9-17-30(29)40(48)45(38)24-35(46)42-43-39(47)33-23-26-22-28(20-21-32(26)41-33)49-27-14-6-3-7-15-27/h2-23,38,41H,24H2,1H3,(H,42,46)(H,43,47). The molecule has 0 radical (unpaired) electrons. The van der Waals surface area contributed by atoms with Crippen LogP contribution in [-0.2, 0) is 11.8 Å². The lowest BCUT2D eigenvalue weighted by molar-refractivity contribution is -0.122. The van der Waals surface area contributed by atoms with Gasteiger partial charge in [-0.15, -0.1) is 0 Å². The van der Waals surface area contributed by atoms with Crippen molar-refractivity contribution in [2.75, 3.05) is 6.54 Å². The minimum absolute atomic E-state index is 0.252. The molecule has 3 N–H and O–H groups in total. The Hall–Kier alpha value is -6.61. The summed E-state index contributed by atoms with van der Waals surface area (Å²) in [5.74, 6) is 0.0268. The molecule has 0 bridgehead atoms. The molecule has 1 aliphatic rings. The van der Waals surface area contributed by atoms with E-state index >= 15 is 0 Å². The summed E-state index contributed by atoms with van der Waals surface area (Å²) in [6.45, 7) is -0.275. The number of aryl methyl sites for hydroxylation is 1. The van der Waals surface area contributed by atoms with Crippen molar-refractivity contribution in [2.45, 2.75) is 6.04 Å². The van der Waals surface area contributed by atoms with Crippen molar-refractivity contribution < 1.29 is 19.1 Å². The molecule has 3 amide bonds. The van der Waals surface area contributed by atoms with Crippen LogP contribution in [0.1, 0.15) is 38.0 Å². The zero-order chi connectivity index (χ0) is 33.5. The van der Waals surface area contributed by atoms with Crippen LogP contribution in [0.3, 0.4) is 0 Å². The first-order valence-electron chi connectivity index (χ1n) is 15.9. The van der Waals surface area contributed by atoms with E-state index in [1.807, 2.05) is 116 Å². The minimum Gasteiger partial charge on any atom is -0.457 e. The Morgan fingerprint density at radius 1 is 0.776 bits per heavy atom. The zero-order valence-corrected chi connectivity index (χ0v) is 26.5. The highest BCUT2D eigenvalue weighted by Gasteiger charge is 2.41. The number of benzene rings is 5. The van der Waals surface area contributed by atoms with Gasteiger partial charge in [-0.05, 0) is 59.7 Å². The van der Waals surface area contributed by atoms with Gasteiger partial charge in [0.1, 0.15) is 23.7 Å². The average Bonchev–Trinajstić information content (AvgIpc) is 3.78. The zero-order valence-electron chi connectivity index (χ0n) is 26.5. The number of aromatic nitrogens is 2. The van der Waals surface area contributed by atoms with Crippen LogP contribution in [0.4, 0.5) is 0 Å². The third-order valence-corrected chi connectivity index (χ3v) is 8.97. The number of hydrogen-bond donors (Lipinski definition) is 3. The summed E-state index contributed by atoms with van der Waals surface area (Å²) in [5, 5.41) is 1.77. The fourth-order valence-corrected chi connectivity index (χ4v) is 6.80. The fourth-order valence-electron chi connectivity index (χ4n) is 6.80. The SMILES string of the molecule is Cn1c(-c2ccccc2)c(C2c3ccccc3C(=O)N2CC(=O)NNC(=O)c2cc3cc(Oc4ccccc4)ccc3[nH]2)c2ccccc21. The first-order chi connectivity index (χ1) is 24.0. The number of rotatable bonds is 7. The van der Waals surface area contributed by atoms with Crippen LogP contribution < -0.4 is 15.6 Å². The Morgan fingerprint density at radius 3 is 2.31 bits per heavy atom. The smallest absolute Gasteiger partial charge is 0.286 e. The van der Waals surface area contributed by atoms with E-state index in [9.17, 15) is 14.4 Å². The van der Waals surface area contributed by atoms with Gasteiger partial charge in [0.05, 0.1) is 11.7 Å². The van der Waals surface area contributed by atoms with Gasteiger partial charge in [-0.1, -0.05) is 84.9 Å². The maximum Gasteiger partial charge on any atom is 0.286 e. The van der Waals surface area contributed by atoms with Crippen LogP contribution in [0, 0.1) is 0 Å². The predicted octanol–water partition coefficient (Wildman–Crippen LogP) is 7.13.